The molecule has 3 aromatic rings. The number of amides is 2. The van der Waals surface area contributed by atoms with Crippen LogP contribution in [0.1, 0.15) is 37.8 Å². The van der Waals surface area contributed by atoms with Crippen LogP contribution in [0.25, 0.3) is 0 Å². The molecule has 0 aromatic heterocycles. The molecule has 1 heterocycles. The zero-order chi connectivity index (χ0) is 22.7. The molecule has 0 atom stereocenters. The molecule has 2 amide bonds. The molecule has 1 aliphatic heterocycles. The van der Waals surface area contributed by atoms with Gasteiger partial charge < -0.3 is 5.32 Å². The maximum Gasteiger partial charge on any atom is 0.283 e. The Kier molecular flexibility index (Phi) is 6.47. The number of carbonyl (C=O) groups is 2. The van der Waals surface area contributed by atoms with Gasteiger partial charge in [0.2, 0.25) is 0 Å². The van der Waals surface area contributed by atoms with Gasteiger partial charge in [-0.15, -0.1) is 0 Å². The van der Waals surface area contributed by atoms with Gasteiger partial charge in [0, 0.05) is 10.6 Å². The second-order valence-electron chi connectivity index (χ2n) is 7.99. The molecule has 0 unspecified atom stereocenters. The van der Waals surface area contributed by atoms with E-state index in [9.17, 15) is 9.59 Å². The standard InChI is InChI=1S/C27H26N2O2S/c1-4-19-10-16-22(17-11-19)29-26(30)24(28-21-14-12-20(13-15-21)18(2)3)25(27(29)31)32-23-8-6-5-7-9-23/h5-18,28H,4H2,1-3H3. The van der Waals surface area contributed by atoms with E-state index in [4.69, 9.17) is 0 Å². The number of thioether (sulfide) groups is 1. The summed E-state index contributed by atoms with van der Waals surface area (Å²) in [6, 6.07) is 25.2. The third-order valence-corrected chi connectivity index (χ3v) is 6.54. The third kappa shape index (κ3) is 4.48. The summed E-state index contributed by atoms with van der Waals surface area (Å²) in [5.41, 5.74) is 4.04. The summed E-state index contributed by atoms with van der Waals surface area (Å²) in [6.07, 6.45) is 0.898. The Balaban J connectivity index is 1.69. The van der Waals surface area contributed by atoms with E-state index in [0.717, 1.165) is 22.6 Å². The van der Waals surface area contributed by atoms with E-state index in [-0.39, 0.29) is 11.8 Å². The van der Waals surface area contributed by atoms with Crippen LogP contribution < -0.4 is 10.2 Å². The molecule has 1 N–H and O–H groups in total. The Morgan fingerprint density at radius 2 is 1.50 bits per heavy atom. The average Bonchev–Trinajstić information content (AvgIpc) is 3.04. The van der Waals surface area contributed by atoms with Crippen LogP contribution in [0.4, 0.5) is 11.4 Å². The van der Waals surface area contributed by atoms with Gasteiger partial charge in [0.15, 0.2) is 0 Å². The predicted molar refractivity (Wildman–Crippen MR) is 132 cm³/mol. The normalized spacial score (nSPS) is 13.9. The molecule has 0 radical (unpaired) electrons. The van der Waals surface area contributed by atoms with Crippen molar-refractivity contribution in [3.05, 3.63) is 101 Å². The van der Waals surface area contributed by atoms with Crippen molar-refractivity contribution in [1.29, 1.82) is 0 Å². The van der Waals surface area contributed by atoms with Crippen molar-refractivity contribution in [1.82, 2.24) is 0 Å². The minimum atomic E-state index is -0.342. The molecule has 0 fully saturated rings. The van der Waals surface area contributed by atoms with E-state index in [1.54, 1.807) is 0 Å². The fourth-order valence-corrected chi connectivity index (χ4v) is 4.48. The molecule has 3 aromatic carbocycles. The molecule has 0 saturated carbocycles. The molecular formula is C27H26N2O2S. The van der Waals surface area contributed by atoms with Crippen molar-refractivity contribution in [2.75, 3.05) is 10.2 Å². The lowest BCUT2D eigenvalue weighted by Gasteiger charge is -2.16. The summed E-state index contributed by atoms with van der Waals surface area (Å²) in [7, 11) is 0. The highest BCUT2D eigenvalue weighted by molar-refractivity contribution is 8.04. The highest BCUT2D eigenvalue weighted by atomic mass is 32.2. The van der Waals surface area contributed by atoms with E-state index in [1.165, 1.54) is 22.2 Å². The van der Waals surface area contributed by atoms with Gasteiger partial charge in [-0.25, -0.2) is 4.90 Å². The molecule has 1 aliphatic rings. The molecule has 4 rings (SSSR count). The summed E-state index contributed by atoms with van der Waals surface area (Å²) in [6.45, 7) is 6.35. The number of aryl methyl sites for hydroxylation is 1. The van der Waals surface area contributed by atoms with Crippen LogP contribution in [0, 0.1) is 0 Å². The van der Waals surface area contributed by atoms with Gasteiger partial charge in [0.05, 0.1) is 5.69 Å². The van der Waals surface area contributed by atoms with Gasteiger partial charge in [0.1, 0.15) is 10.6 Å². The lowest BCUT2D eigenvalue weighted by molar-refractivity contribution is -0.120. The number of hydrogen-bond acceptors (Lipinski definition) is 4. The Morgan fingerprint density at radius 3 is 2.09 bits per heavy atom. The number of anilines is 2. The van der Waals surface area contributed by atoms with Crippen molar-refractivity contribution < 1.29 is 9.59 Å². The number of carbonyl (C=O) groups excluding carboxylic acids is 2. The fourth-order valence-electron chi connectivity index (χ4n) is 3.53. The smallest absolute Gasteiger partial charge is 0.283 e. The molecule has 0 saturated heterocycles. The Morgan fingerprint density at radius 1 is 0.844 bits per heavy atom. The lowest BCUT2D eigenvalue weighted by atomic mass is 10.0. The minimum Gasteiger partial charge on any atom is -0.350 e. The number of imide groups is 1. The van der Waals surface area contributed by atoms with Crippen molar-refractivity contribution in [2.45, 2.75) is 38.0 Å². The first kappa shape index (κ1) is 21.9. The van der Waals surface area contributed by atoms with Gasteiger partial charge in [-0.05, 0) is 59.9 Å². The van der Waals surface area contributed by atoms with Crippen molar-refractivity contribution >= 4 is 35.0 Å². The molecule has 0 spiro atoms. The Labute approximate surface area is 193 Å². The van der Waals surface area contributed by atoms with E-state index in [2.05, 4.69) is 26.1 Å². The van der Waals surface area contributed by atoms with Crippen LogP contribution in [0.3, 0.4) is 0 Å². The van der Waals surface area contributed by atoms with Crippen LogP contribution in [-0.4, -0.2) is 11.8 Å². The van der Waals surface area contributed by atoms with Crippen LogP contribution in [-0.2, 0) is 16.0 Å². The van der Waals surface area contributed by atoms with E-state index in [0.29, 0.717) is 22.2 Å². The van der Waals surface area contributed by atoms with E-state index in [1.807, 2.05) is 78.9 Å². The van der Waals surface area contributed by atoms with Gasteiger partial charge in [-0.3, -0.25) is 9.59 Å². The zero-order valence-electron chi connectivity index (χ0n) is 18.5. The summed E-state index contributed by atoms with van der Waals surface area (Å²) in [5.74, 6) is -0.233. The quantitative estimate of drug-likeness (QED) is 0.433. The summed E-state index contributed by atoms with van der Waals surface area (Å²) < 4.78 is 0. The van der Waals surface area contributed by atoms with Crippen LogP contribution in [0.2, 0.25) is 0 Å². The van der Waals surface area contributed by atoms with Gasteiger partial charge in [-0.2, -0.15) is 0 Å². The largest absolute Gasteiger partial charge is 0.350 e. The maximum absolute atomic E-state index is 13.4. The Hall–Kier alpha value is -3.31. The van der Waals surface area contributed by atoms with Crippen LogP contribution in [0.5, 0.6) is 0 Å². The van der Waals surface area contributed by atoms with Crippen molar-refractivity contribution in [3.63, 3.8) is 0 Å². The lowest BCUT2D eigenvalue weighted by Crippen LogP contribution is -2.32. The Bertz CT molecular complexity index is 1150. The molecule has 0 aliphatic carbocycles. The van der Waals surface area contributed by atoms with Crippen LogP contribution >= 0.6 is 11.8 Å². The number of hydrogen-bond donors (Lipinski definition) is 1. The topological polar surface area (TPSA) is 49.4 Å². The molecule has 32 heavy (non-hydrogen) atoms. The molecule has 4 nitrogen and oxygen atoms in total. The number of nitrogens with one attached hydrogen (secondary N) is 1. The predicted octanol–water partition coefficient (Wildman–Crippen LogP) is 6.36. The summed E-state index contributed by atoms with van der Waals surface area (Å²) in [4.78, 5) is 29.4. The first-order chi connectivity index (χ1) is 15.5. The van der Waals surface area contributed by atoms with E-state index >= 15 is 0 Å². The molecule has 162 valence electrons. The highest BCUT2D eigenvalue weighted by Crippen LogP contribution is 2.38. The van der Waals surface area contributed by atoms with Crippen molar-refractivity contribution in [3.8, 4) is 0 Å². The molecular weight excluding hydrogens is 416 g/mol. The summed E-state index contributed by atoms with van der Waals surface area (Å²) >= 11 is 1.31. The second kappa shape index (κ2) is 9.45. The molecule has 0 bridgehead atoms. The zero-order valence-corrected chi connectivity index (χ0v) is 19.3. The fraction of sp³-hybridized carbons (Fsp3) is 0.185. The maximum atomic E-state index is 13.4. The van der Waals surface area contributed by atoms with Crippen LogP contribution in [0.15, 0.2) is 94.4 Å². The van der Waals surface area contributed by atoms with Crippen molar-refractivity contribution in [2.24, 2.45) is 0 Å². The SMILES string of the molecule is CCc1ccc(N2C(=O)C(Nc3ccc(C(C)C)cc3)=C(Sc3ccccc3)C2=O)cc1. The minimum absolute atomic E-state index is 0.306. The molecule has 5 heteroatoms. The number of benzene rings is 3. The van der Waals surface area contributed by atoms with Gasteiger partial charge in [0.25, 0.3) is 11.8 Å². The number of nitrogens with zero attached hydrogens (tertiary/aromatic N) is 1. The van der Waals surface area contributed by atoms with Gasteiger partial charge >= 0.3 is 0 Å². The highest BCUT2D eigenvalue weighted by Gasteiger charge is 2.40. The number of rotatable bonds is 7. The first-order valence-corrected chi connectivity index (χ1v) is 11.6. The average molecular weight is 443 g/mol. The second-order valence-corrected chi connectivity index (χ2v) is 9.07. The van der Waals surface area contributed by atoms with Gasteiger partial charge in [-0.1, -0.05) is 75.0 Å². The summed E-state index contributed by atoms with van der Waals surface area (Å²) in [5, 5.41) is 3.23. The third-order valence-electron chi connectivity index (χ3n) is 5.45. The van der Waals surface area contributed by atoms with E-state index < -0.39 is 0 Å². The monoisotopic (exact) mass is 442 g/mol. The first-order valence-electron chi connectivity index (χ1n) is 10.8.